The first-order valence-electron chi connectivity index (χ1n) is 7.31. The Kier molecular flexibility index (Phi) is 6.33. The molecule has 0 radical (unpaired) electrons. The van der Waals surface area contributed by atoms with Gasteiger partial charge in [-0.2, -0.15) is 0 Å². The fourth-order valence-corrected chi connectivity index (χ4v) is 2.28. The van der Waals surface area contributed by atoms with Crippen LogP contribution in [0.4, 0.5) is 0 Å². The first-order chi connectivity index (χ1) is 9.88. The highest BCUT2D eigenvalue weighted by Crippen LogP contribution is 2.14. The van der Waals surface area contributed by atoms with Crippen LogP contribution < -0.4 is 0 Å². The van der Waals surface area contributed by atoms with E-state index in [4.69, 9.17) is 5.11 Å². The lowest BCUT2D eigenvalue weighted by atomic mass is 10.1. The van der Waals surface area contributed by atoms with Gasteiger partial charge in [0.2, 0.25) is 0 Å². The van der Waals surface area contributed by atoms with Crippen molar-refractivity contribution >= 4 is 11.9 Å². The zero-order valence-electron chi connectivity index (χ0n) is 13.1. The van der Waals surface area contributed by atoms with Crippen LogP contribution in [-0.2, 0) is 11.3 Å². The third-order valence-electron chi connectivity index (χ3n) is 3.26. The van der Waals surface area contributed by atoms with Crippen molar-refractivity contribution in [2.24, 2.45) is 5.92 Å². The number of carbonyl (C=O) groups is 2. The van der Waals surface area contributed by atoms with E-state index < -0.39 is 5.97 Å². The lowest BCUT2D eigenvalue weighted by molar-refractivity contribution is -0.137. The summed E-state index contributed by atoms with van der Waals surface area (Å²) in [6.45, 7) is 8.58. The normalized spacial score (nSPS) is 11.1. The van der Waals surface area contributed by atoms with Crippen LogP contribution in [0.1, 0.15) is 51.0 Å². The topological polar surface area (TPSA) is 88.3 Å². The highest BCUT2D eigenvalue weighted by Gasteiger charge is 2.25. The maximum absolute atomic E-state index is 12.6. The largest absolute Gasteiger partial charge is 0.480 e. The summed E-state index contributed by atoms with van der Waals surface area (Å²) in [6, 6.07) is 0.157. The van der Waals surface area contributed by atoms with Gasteiger partial charge < -0.3 is 10.0 Å². The van der Waals surface area contributed by atoms with Gasteiger partial charge in [-0.1, -0.05) is 32.9 Å². The first kappa shape index (κ1) is 17.1. The molecule has 1 amide bonds. The van der Waals surface area contributed by atoms with Crippen LogP contribution in [0.15, 0.2) is 6.20 Å². The lowest BCUT2D eigenvalue weighted by Crippen LogP contribution is -2.42. The fraction of sp³-hybridized carbons (Fsp3) is 0.714. The van der Waals surface area contributed by atoms with Gasteiger partial charge in [-0.15, -0.1) is 5.10 Å². The van der Waals surface area contributed by atoms with Crippen LogP contribution >= 0.6 is 0 Å². The van der Waals surface area contributed by atoms with Gasteiger partial charge in [0, 0.05) is 12.6 Å². The Balaban J connectivity index is 2.93. The molecule has 1 N–H and O–H groups in total. The molecule has 0 spiro atoms. The van der Waals surface area contributed by atoms with Crippen molar-refractivity contribution in [1.82, 2.24) is 19.9 Å². The van der Waals surface area contributed by atoms with Crippen molar-refractivity contribution in [1.29, 1.82) is 0 Å². The number of aliphatic carboxylic acids is 1. The third-order valence-corrected chi connectivity index (χ3v) is 3.26. The zero-order valence-corrected chi connectivity index (χ0v) is 13.1. The molecule has 0 aliphatic heterocycles. The molecule has 0 fully saturated rings. The Morgan fingerprint density at radius 1 is 1.33 bits per heavy atom. The average molecular weight is 296 g/mol. The molecule has 0 bridgehead atoms. The van der Waals surface area contributed by atoms with E-state index in [0.717, 1.165) is 17.5 Å². The van der Waals surface area contributed by atoms with E-state index in [2.05, 4.69) is 38.0 Å². The van der Waals surface area contributed by atoms with Gasteiger partial charge >= 0.3 is 5.97 Å². The van der Waals surface area contributed by atoms with E-state index in [1.54, 1.807) is 0 Å². The monoisotopic (exact) mass is 296 g/mol. The Labute approximate surface area is 124 Å². The van der Waals surface area contributed by atoms with Crippen molar-refractivity contribution in [3.8, 4) is 0 Å². The number of amides is 1. The summed E-state index contributed by atoms with van der Waals surface area (Å²) in [5, 5.41) is 16.2. The number of nitrogens with zero attached hydrogens (tertiary/aromatic N) is 4. The number of carboxylic acids is 1. The van der Waals surface area contributed by atoms with Gasteiger partial charge in [0.25, 0.3) is 5.91 Å². The van der Waals surface area contributed by atoms with E-state index in [1.807, 2.05) is 4.90 Å². The van der Waals surface area contributed by atoms with Gasteiger partial charge in [-0.25, -0.2) is 4.68 Å². The second-order valence-electron chi connectivity index (χ2n) is 5.52. The molecule has 7 nitrogen and oxygen atoms in total. The van der Waals surface area contributed by atoms with Gasteiger partial charge in [-0.05, 0) is 18.8 Å². The molecule has 7 heteroatoms. The predicted molar refractivity (Wildman–Crippen MR) is 77.9 cm³/mol. The van der Waals surface area contributed by atoms with E-state index in [-0.39, 0.29) is 24.2 Å². The van der Waals surface area contributed by atoms with E-state index >= 15 is 0 Å². The highest BCUT2D eigenvalue weighted by atomic mass is 16.4. The van der Waals surface area contributed by atoms with E-state index in [1.165, 1.54) is 6.20 Å². The van der Waals surface area contributed by atoms with Crippen LogP contribution in [0.3, 0.4) is 0 Å². The second kappa shape index (κ2) is 7.75. The Hall–Kier alpha value is -1.92. The van der Waals surface area contributed by atoms with Crippen LogP contribution in [0, 0.1) is 5.92 Å². The average Bonchev–Trinajstić information content (AvgIpc) is 2.85. The molecule has 0 aromatic carbocycles. The van der Waals surface area contributed by atoms with Crippen molar-refractivity contribution < 1.29 is 14.7 Å². The SMILES string of the molecule is CCC(CC)N(CC(C)C)C(=O)c1cn(CC(=O)O)nn1. The quantitative estimate of drug-likeness (QED) is 0.788. The summed E-state index contributed by atoms with van der Waals surface area (Å²) >= 11 is 0. The van der Waals surface area contributed by atoms with Crippen LogP contribution in [0.5, 0.6) is 0 Å². The Morgan fingerprint density at radius 3 is 2.43 bits per heavy atom. The highest BCUT2D eigenvalue weighted by molar-refractivity contribution is 5.92. The van der Waals surface area contributed by atoms with Gasteiger partial charge in [-0.3, -0.25) is 9.59 Å². The lowest BCUT2D eigenvalue weighted by Gasteiger charge is -2.31. The fourth-order valence-electron chi connectivity index (χ4n) is 2.28. The van der Waals surface area contributed by atoms with Gasteiger partial charge in [0.05, 0.1) is 6.20 Å². The summed E-state index contributed by atoms with van der Waals surface area (Å²) in [5.41, 5.74) is 0.198. The molecule has 0 atom stereocenters. The molecule has 1 aromatic heterocycles. The van der Waals surface area contributed by atoms with Crippen LogP contribution in [0.25, 0.3) is 0 Å². The Bertz CT molecular complexity index is 480. The van der Waals surface area contributed by atoms with Crippen molar-refractivity contribution in [2.75, 3.05) is 6.54 Å². The first-order valence-corrected chi connectivity index (χ1v) is 7.31. The molecule has 0 aliphatic rings. The standard InChI is InChI=1S/C14H24N4O3/c1-5-11(6-2)18(7-10(3)4)14(21)12-8-17(16-15-12)9-13(19)20/h8,10-11H,5-7,9H2,1-4H3,(H,19,20). The minimum atomic E-state index is -1.02. The van der Waals surface area contributed by atoms with Crippen LogP contribution in [-0.4, -0.2) is 49.5 Å². The predicted octanol–water partition coefficient (Wildman–Crippen LogP) is 1.65. The molecule has 21 heavy (non-hydrogen) atoms. The molecule has 0 saturated carbocycles. The second-order valence-corrected chi connectivity index (χ2v) is 5.52. The maximum Gasteiger partial charge on any atom is 0.325 e. The van der Waals surface area contributed by atoms with E-state index in [9.17, 15) is 9.59 Å². The summed E-state index contributed by atoms with van der Waals surface area (Å²) in [6.07, 6.45) is 3.14. The van der Waals surface area contributed by atoms with Crippen molar-refractivity contribution in [3.63, 3.8) is 0 Å². The molecule has 1 aromatic rings. The number of carboxylic acid groups (broad SMARTS) is 1. The molecule has 0 saturated heterocycles. The van der Waals surface area contributed by atoms with Gasteiger partial charge in [0.15, 0.2) is 5.69 Å². The number of hydrogen-bond acceptors (Lipinski definition) is 4. The molecule has 1 heterocycles. The number of aromatic nitrogens is 3. The molecule has 118 valence electrons. The van der Waals surface area contributed by atoms with Crippen LogP contribution in [0.2, 0.25) is 0 Å². The zero-order chi connectivity index (χ0) is 16.0. The minimum Gasteiger partial charge on any atom is -0.480 e. The molecule has 0 aliphatic carbocycles. The maximum atomic E-state index is 12.6. The van der Waals surface area contributed by atoms with Crippen molar-refractivity contribution in [2.45, 2.75) is 53.1 Å². The molecular weight excluding hydrogens is 272 g/mol. The number of carbonyl (C=O) groups excluding carboxylic acids is 1. The summed E-state index contributed by atoms with van der Waals surface area (Å²) in [7, 11) is 0. The molecule has 1 rings (SSSR count). The summed E-state index contributed by atoms with van der Waals surface area (Å²) in [4.78, 5) is 25.1. The minimum absolute atomic E-state index is 0.157. The summed E-state index contributed by atoms with van der Waals surface area (Å²) < 4.78 is 1.16. The van der Waals surface area contributed by atoms with Crippen molar-refractivity contribution in [3.05, 3.63) is 11.9 Å². The third kappa shape index (κ3) is 4.84. The molecule has 0 unspecified atom stereocenters. The Morgan fingerprint density at radius 2 is 1.95 bits per heavy atom. The smallest absolute Gasteiger partial charge is 0.325 e. The number of hydrogen-bond donors (Lipinski definition) is 1. The summed E-state index contributed by atoms with van der Waals surface area (Å²) in [5.74, 6) is -0.851. The van der Waals surface area contributed by atoms with E-state index in [0.29, 0.717) is 12.5 Å². The van der Waals surface area contributed by atoms with Gasteiger partial charge in [0.1, 0.15) is 6.54 Å². The number of rotatable bonds is 8. The molecular formula is C14H24N4O3.